The van der Waals surface area contributed by atoms with Gasteiger partial charge in [0, 0.05) is 62.9 Å². The number of hydrogen-bond donors (Lipinski definition) is 6. The molecule has 0 saturated carbocycles. The first-order valence-electron chi connectivity index (χ1n) is 32.1. The SMILES string of the molecule is C/C=C/C[C@@H](C)[C@@H](O)[C@H]1C(=O)N[C@@H](CC)C(=O)N(C)[C@H](CO)C(=O)N(C)[C@@H](CC(C)(C)OC)C(=O)N[C@H](C(C)C)C(=O)N(C)[C@H](CCC(C)C)C(=O)N[C@H](C)C(=O)N[C@@H](C)C(=O)N(C)[C@@H](CC(C)C)C(=O)N(C)[C@@H](CC(C)C)C(=O)N(C)[C@@H](C(C)C)C(=O)N1C. The van der Waals surface area contributed by atoms with E-state index in [-0.39, 0.29) is 56.3 Å². The van der Waals surface area contributed by atoms with Crippen molar-refractivity contribution in [3.05, 3.63) is 12.2 Å². The highest BCUT2D eigenvalue weighted by atomic mass is 16.5. The predicted octanol–water partition coefficient (Wildman–Crippen LogP) is 2.79. The van der Waals surface area contributed by atoms with Crippen LogP contribution in [0.4, 0.5) is 0 Å². The smallest absolute Gasteiger partial charge is 0.248 e. The van der Waals surface area contributed by atoms with Gasteiger partial charge in [-0.15, -0.1) is 0 Å². The van der Waals surface area contributed by atoms with Crippen LogP contribution >= 0.6 is 0 Å². The topological polar surface area (TPSA) is 308 Å². The summed E-state index contributed by atoms with van der Waals surface area (Å²) in [7, 11) is 11.0. The van der Waals surface area contributed by atoms with Crippen molar-refractivity contribution in [2.75, 3.05) is 63.1 Å². The van der Waals surface area contributed by atoms with Crippen LogP contribution in [0, 0.1) is 35.5 Å². The first-order valence-corrected chi connectivity index (χ1v) is 32.1. The number of carbonyl (C=O) groups excluding carboxylic acids is 11. The summed E-state index contributed by atoms with van der Waals surface area (Å²) < 4.78 is 5.72. The molecule has 1 aliphatic heterocycles. The molecule has 1 saturated heterocycles. The Balaban J connectivity index is 4.48. The van der Waals surface area contributed by atoms with Gasteiger partial charge in [0.15, 0.2) is 0 Å². The molecule has 11 amide bonds. The van der Waals surface area contributed by atoms with E-state index >= 15 is 14.4 Å². The average molecular weight is 1280 g/mol. The number of rotatable bonds is 18. The van der Waals surface area contributed by atoms with Gasteiger partial charge in [0.25, 0.3) is 0 Å². The Kier molecular flexibility index (Phi) is 33.4. The van der Waals surface area contributed by atoms with Gasteiger partial charge in [-0.3, -0.25) is 52.7 Å². The van der Waals surface area contributed by atoms with Gasteiger partial charge < -0.3 is 70.5 Å². The molecule has 516 valence electrons. The van der Waals surface area contributed by atoms with Crippen molar-refractivity contribution in [2.45, 2.75) is 241 Å². The molecular weight excluding hydrogens is 1160 g/mol. The Hall–Kier alpha value is -6.21. The third-order valence-electron chi connectivity index (χ3n) is 17.4. The maximum absolute atomic E-state index is 15.2. The van der Waals surface area contributed by atoms with E-state index in [2.05, 4.69) is 21.3 Å². The molecule has 6 N–H and O–H groups in total. The zero-order valence-electron chi connectivity index (χ0n) is 59.1. The number of hydrogen-bond acceptors (Lipinski definition) is 14. The van der Waals surface area contributed by atoms with Gasteiger partial charge in [-0.05, 0) is 109 Å². The summed E-state index contributed by atoms with van der Waals surface area (Å²) in [6.07, 6.45) is 2.89. The number of amides is 11. The summed E-state index contributed by atoms with van der Waals surface area (Å²) in [6.45, 7) is 28.4. The van der Waals surface area contributed by atoms with Crippen molar-refractivity contribution in [2.24, 2.45) is 35.5 Å². The first-order chi connectivity index (χ1) is 41.5. The third-order valence-corrected chi connectivity index (χ3v) is 17.4. The number of carbonyl (C=O) groups is 11. The quantitative estimate of drug-likeness (QED) is 0.108. The lowest BCUT2D eigenvalue weighted by Crippen LogP contribution is -2.64. The summed E-state index contributed by atoms with van der Waals surface area (Å²) in [5.74, 6) is -10.5. The molecule has 0 radical (unpaired) electrons. The molecule has 1 heterocycles. The number of aliphatic hydroxyl groups is 2. The molecule has 0 unspecified atom stereocenters. The number of likely N-dealkylation sites (N-methyl/N-ethyl adjacent to an activating group) is 7. The van der Waals surface area contributed by atoms with Crippen LogP contribution in [0.15, 0.2) is 12.2 Å². The van der Waals surface area contributed by atoms with E-state index in [9.17, 15) is 48.6 Å². The van der Waals surface area contributed by atoms with Gasteiger partial charge in [-0.2, -0.15) is 0 Å². The third kappa shape index (κ3) is 22.3. The van der Waals surface area contributed by atoms with Crippen LogP contribution in [0.2, 0.25) is 0 Å². The molecule has 0 aromatic rings. The molecule has 1 rings (SSSR count). The minimum Gasteiger partial charge on any atom is -0.394 e. The van der Waals surface area contributed by atoms with Crippen LogP contribution in [0.25, 0.3) is 0 Å². The van der Waals surface area contributed by atoms with Crippen LogP contribution in [0.5, 0.6) is 0 Å². The van der Waals surface area contributed by atoms with Crippen LogP contribution < -0.4 is 21.3 Å². The second-order valence-electron chi connectivity index (χ2n) is 27.4. The molecule has 0 aromatic carbocycles. The molecule has 25 nitrogen and oxygen atoms in total. The normalized spacial score (nSPS) is 27.0. The molecule has 0 aliphatic carbocycles. The van der Waals surface area contributed by atoms with Crippen molar-refractivity contribution in [3.63, 3.8) is 0 Å². The standard InChI is InChI=1S/C65H117N11O14/c1-26-28-29-41(13)53(78)52-57(82)68-44(27-2)59(84)74(22)49(35-77)62(87)73(21)48(34-65(16,17)90-25)56(81)69-50(39(9)10)63(88)70(18)45(31-30-36(3)4)55(80)66-42(14)54(79)67-43(15)58(83)71(19)46(32-37(5)6)60(85)72(20)47(33-38(7)8)61(86)75(23)51(40(11)12)64(89)76(52)24/h26,28,36-53,77-78H,27,29-35H2,1-25H3,(H,66,80)(H,67,79)(H,68,82)(H,69,81)/b28-26+/t41-,42-,43+,44+,45-,46+,47+,48+,49-,50-,51+,52+,53-/m1/s1. The number of ether oxygens (including phenoxy) is 1. The van der Waals surface area contributed by atoms with Crippen molar-refractivity contribution in [1.82, 2.24) is 55.6 Å². The summed E-state index contributed by atoms with van der Waals surface area (Å²) in [4.78, 5) is 170. The highest BCUT2D eigenvalue weighted by Gasteiger charge is 2.47. The molecule has 25 heteroatoms. The zero-order valence-corrected chi connectivity index (χ0v) is 59.1. The Bertz CT molecular complexity index is 2470. The molecule has 1 fully saturated rings. The Labute approximate surface area is 537 Å². The molecule has 13 atom stereocenters. The van der Waals surface area contributed by atoms with E-state index in [0.29, 0.717) is 6.42 Å². The Morgan fingerprint density at radius 1 is 0.511 bits per heavy atom. The lowest BCUT2D eigenvalue weighted by Gasteiger charge is -2.41. The molecule has 0 spiro atoms. The van der Waals surface area contributed by atoms with E-state index in [0.717, 1.165) is 14.7 Å². The van der Waals surface area contributed by atoms with E-state index in [1.165, 1.54) is 89.9 Å². The number of nitrogens with one attached hydrogen (secondary N) is 4. The highest BCUT2D eigenvalue weighted by molar-refractivity contribution is 6.00. The van der Waals surface area contributed by atoms with E-state index in [1.807, 2.05) is 41.5 Å². The van der Waals surface area contributed by atoms with Gasteiger partial charge in [0.05, 0.1) is 18.3 Å². The van der Waals surface area contributed by atoms with Crippen LogP contribution in [-0.2, 0) is 57.5 Å². The summed E-state index contributed by atoms with van der Waals surface area (Å²) in [5.41, 5.74) is -1.08. The fourth-order valence-electron chi connectivity index (χ4n) is 11.2. The lowest BCUT2D eigenvalue weighted by atomic mass is 9.91. The Morgan fingerprint density at radius 2 is 0.956 bits per heavy atom. The Morgan fingerprint density at radius 3 is 1.41 bits per heavy atom. The minimum absolute atomic E-state index is 0.0681. The van der Waals surface area contributed by atoms with Crippen molar-refractivity contribution in [3.8, 4) is 0 Å². The molecule has 90 heavy (non-hydrogen) atoms. The summed E-state index contributed by atoms with van der Waals surface area (Å²) in [6, 6.07) is -14.8. The van der Waals surface area contributed by atoms with Crippen molar-refractivity contribution in [1.29, 1.82) is 0 Å². The number of methoxy groups -OCH3 is 1. The number of aliphatic hydroxyl groups excluding tert-OH is 2. The van der Waals surface area contributed by atoms with Crippen molar-refractivity contribution < 1.29 is 67.7 Å². The molecule has 1 aliphatic rings. The zero-order chi connectivity index (χ0) is 69.9. The summed E-state index contributed by atoms with van der Waals surface area (Å²) >= 11 is 0. The fourth-order valence-corrected chi connectivity index (χ4v) is 11.2. The van der Waals surface area contributed by atoms with Gasteiger partial charge in [-0.25, -0.2) is 0 Å². The highest BCUT2D eigenvalue weighted by Crippen LogP contribution is 2.27. The van der Waals surface area contributed by atoms with Crippen LogP contribution in [0.3, 0.4) is 0 Å². The van der Waals surface area contributed by atoms with Gasteiger partial charge in [0.1, 0.15) is 66.5 Å². The second-order valence-corrected chi connectivity index (χ2v) is 27.4. The fraction of sp³-hybridized carbons (Fsp3) is 0.800. The van der Waals surface area contributed by atoms with E-state index in [1.54, 1.807) is 74.5 Å². The number of nitrogens with zero attached hydrogens (tertiary/aromatic N) is 7. The minimum atomic E-state index is -1.68. The second kappa shape index (κ2) is 36.7. The van der Waals surface area contributed by atoms with Gasteiger partial charge in [-0.1, -0.05) is 95.2 Å². The summed E-state index contributed by atoms with van der Waals surface area (Å²) in [5, 5.41) is 34.0. The molecule has 0 bridgehead atoms. The van der Waals surface area contributed by atoms with Crippen LogP contribution in [0.1, 0.15) is 163 Å². The molecular formula is C65H117N11O14. The predicted molar refractivity (Wildman–Crippen MR) is 345 cm³/mol. The van der Waals surface area contributed by atoms with E-state index in [4.69, 9.17) is 4.74 Å². The lowest BCUT2D eigenvalue weighted by molar-refractivity contribution is -0.157. The van der Waals surface area contributed by atoms with E-state index < -0.39 is 168 Å². The first kappa shape index (κ1) is 81.8. The van der Waals surface area contributed by atoms with Crippen LogP contribution in [-0.4, -0.2) is 251 Å². The maximum Gasteiger partial charge on any atom is 0.248 e. The average Bonchev–Trinajstić information content (AvgIpc) is 1.07. The number of allylic oxidation sites excluding steroid dienone is 2. The van der Waals surface area contributed by atoms with Crippen molar-refractivity contribution >= 4 is 65.0 Å². The molecule has 0 aromatic heterocycles. The van der Waals surface area contributed by atoms with Gasteiger partial charge >= 0.3 is 0 Å². The maximum atomic E-state index is 15.2. The monoisotopic (exact) mass is 1280 g/mol. The van der Waals surface area contributed by atoms with Gasteiger partial charge in [0.2, 0.25) is 65.0 Å². The largest absolute Gasteiger partial charge is 0.394 e.